The van der Waals surface area contributed by atoms with Gasteiger partial charge in [-0.2, -0.15) is 0 Å². The van der Waals surface area contributed by atoms with Crippen molar-refractivity contribution in [1.82, 2.24) is 0 Å². The van der Waals surface area contributed by atoms with E-state index in [0.717, 1.165) is 6.42 Å². The van der Waals surface area contributed by atoms with E-state index in [1.807, 2.05) is 13.8 Å². The lowest BCUT2D eigenvalue weighted by Crippen LogP contribution is -2.26. The summed E-state index contributed by atoms with van der Waals surface area (Å²) in [6, 6.07) is 4.71. The van der Waals surface area contributed by atoms with E-state index in [1.165, 1.54) is 28.0 Å². The van der Waals surface area contributed by atoms with Crippen molar-refractivity contribution in [2.24, 2.45) is 5.41 Å². The van der Waals surface area contributed by atoms with E-state index in [2.05, 4.69) is 50.3 Å². The van der Waals surface area contributed by atoms with Crippen molar-refractivity contribution in [1.29, 1.82) is 0 Å². The second-order valence-electron chi connectivity index (χ2n) is 5.32. The summed E-state index contributed by atoms with van der Waals surface area (Å²) in [5, 5.41) is 2.85. The summed E-state index contributed by atoms with van der Waals surface area (Å²) in [5.41, 5.74) is 3.25. The number of hydrogen-bond acceptors (Lipinski definition) is 0. The van der Waals surface area contributed by atoms with E-state index in [-0.39, 0.29) is 7.43 Å². The molecule has 0 unspecified atom stereocenters. The average molecular weight is 242 g/mol. The van der Waals surface area contributed by atoms with E-state index < -0.39 is 0 Å². The molecule has 0 N–H and O–H groups in total. The van der Waals surface area contributed by atoms with E-state index in [0.29, 0.717) is 5.41 Å². The quantitative estimate of drug-likeness (QED) is 0.647. The molecule has 18 heavy (non-hydrogen) atoms. The SMILES string of the molecule is C.CC.CC1(C)C=Cc2cc3c(cc2C1)=CCC=3. The van der Waals surface area contributed by atoms with Gasteiger partial charge in [0.2, 0.25) is 0 Å². The molecule has 0 aliphatic heterocycles. The summed E-state index contributed by atoms with van der Waals surface area (Å²) in [6.45, 7) is 8.60. The molecule has 0 amide bonds. The van der Waals surface area contributed by atoms with Crippen LogP contribution in [0.1, 0.15) is 52.7 Å². The summed E-state index contributed by atoms with van der Waals surface area (Å²) in [7, 11) is 0. The molecule has 0 fully saturated rings. The molecule has 2 aliphatic carbocycles. The van der Waals surface area contributed by atoms with Gasteiger partial charge in [0.05, 0.1) is 0 Å². The minimum absolute atomic E-state index is 0. The van der Waals surface area contributed by atoms with Crippen molar-refractivity contribution in [3.8, 4) is 0 Å². The molecule has 0 radical (unpaired) electrons. The monoisotopic (exact) mass is 242 g/mol. The number of benzene rings is 1. The van der Waals surface area contributed by atoms with Crippen LogP contribution in [-0.2, 0) is 6.42 Å². The Labute approximate surface area is 112 Å². The van der Waals surface area contributed by atoms with E-state index in [4.69, 9.17) is 0 Å². The topological polar surface area (TPSA) is 0 Å². The largest absolute Gasteiger partial charge is 0.0779 e. The molecule has 0 atom stereocenters. The number of hydrogen-bond donors (Lipinski definition) is 0. The highest BCUT2D eigenvalue weighted by atomic mass is 14.2. The van der Waals surface area contributed by atoms with Crippen LogP contribution in [0.15, 0.2) is 18.2 Å². The Hall–Kier alpha value is -1.30. The van der Waals surface area contributed by atoms with Crippen molar-refractivity contribution in [2.75, 3.05) is 0 Å². The maximum Gasteiger partial charge on any atom is -0.0131 e. The molecule has 1 aromatic rings. The highest BCUT2D eigenvalue weighted by molar-refractivity contribution is 5.60. The van der Waals surface area contributed by atoms with Crippen LogP contribution in [0.5, 0.6) is 0 Å². The van der Waals surface area contributed by atoms with Gasteiger partial charge in [-0.25, -0.2) is 0 Å². The lowest BCUT2D eigenvalue weighted by atomic mass is 9.79. The molecule has 0 heterocycles. The predicted molar refractivity (Wildman–Crippen MR) is 83.8 cm³/mol. The zero-order valence-electron chi connectivity index (χ0n) is 11.4. The molecular weight excluding hydrogens is 216 g/mol. The number of rotatable bonds is 0. The molecule has 0 saturated heterocycles. The van der Waals surface area contributed by atoms with Crippen molar-refractivity contribution in [3.05, 3.63) is 39.8 Å². The van der Waals surface area contributed by atoms with Gasteiger partial charge >= 0.3 is 0 Å². The number of fused-ring (bicyclic) bond motifs is 2. The maximum absolute atomic E-state index is 2.37. The van der Waals surface area contributed by atoms with Crippen LogP contribution in [0.25, 0.3) is 18.2 Å². The zero-order chi connectivity index (χ0) is 12.5. The van der Waals surface area contributed by atoms with Crippen LogP contribution in [0, 0.1) is 5.41 Å². The van der Waals surface area contributed by atoms with Gasteiger partial charge in [-0.05, 0) is 45.9 Å². The van der Waals surface area contributed by atoms with Crippen LogP contribution in [0.2, 0.25) is 0 Å². The first-order chi connectivity index (χ1) is 8.14. The first-order valence-corrected chi connectivity index (χ1v) is 6.67. The van der Waals surface area contributed by atoms with Gasteiger partial charge in [-0.3, -0.25) is 0 Å². The molecule has 2 aliphatic rings. The predicted octanol–water partition coefficient (Wildman–Crippen LogP) is 3.91. The smallest absolute Gasteiger partial charge is 0.0131 e. The second kappa shape index (κ2) is 5.56. The molecular formula is C18H26. The summed E-state index contributed by atoms with van der Waals surface area (Å²) < 4.78 is 0. The molecule has 0 aromatic heterocycles. The van der Waals surface area contributed by atoms with Gasteiger partial charge < -0.3 is 0 Å². The summed E-state index contributed by atoms with van der Waals surface area (Å²) in [4.78, 5) is 0. The van der Waals surface area contributed by atoms with Crippen molar-refractivity contribution >= 4 is 18.2 Å². The van der Waals surface area contributed by atoms with Crippen LogP contribution in [-0.4, -0.2) is 0 Å². The lowest BCUT2D eigenvalue weighted by Gasteiger charge is -2.25. The summed E-state index contributed by atoms with van der Waals surface area (Å²) in [6.07, 6.45) is 11.5. The normalized spacial score (nSPS) is 17.1. The third-order valence-electron chi connectivity index (χ3n) is 3.38. The molecule has 0 saturated carbocycles. The van der Waals surface area contributed by atoms with Gasteiger partial charge in [0.25, 0.3) is 0 Å². The summed E-state index contributed by atoms with van der Waals surface area (Å²) >= 11 is 0. The molecule has 98 valence electrons. The average Bonchev–Trinajstić information content (AvgIpc) is 2.75. The Morgan fingerprint density at radius 1 is 1.00 bits per heavy atom. The lowest BCUT2D eigenvalue weighted by molar-refractivity contribution is 0.474. The third kappa shape index (κ3) is 2.75. The molecule has 3 rings (SSSR count). The minimum Gasteiger partial charge on any atom is -0.0779 e. The van der Waals surface area contributed by atoms with E-state index in [1.54, 1.807) is 0 Å². The van der Waals surface area contributed by atoms with Crippen LogP contribution >= 0.6 is 0 Å². The highest BCUT2D eigenvalue weighted by Crippen LogP contribution is 2.30. The molecule has 1 aromatic carbocycles. The highest BCUT2D eigenvalue weighted by Gasteiger charge is 2.20. The molecule has 0 heteroatoms. The maximum atomic E-state index is 2.37. The number of allylic oxidation sites excluding steroid dienone is 1. The van der Waals surface area contributed by atoms with Gasteiger partial charge in [0.15, 0.2) is 0 Å². The van der Waals surface area contributed by atoms with Gasteiger partial charge in [0.1, 0.15) is 0 Å². The Morgan fingerprint density at radius 2 is 1.61 bits per heavy atom. The second-order valence-corrected chi connectivity index (χ2v) is 5.32. The first kappa shape index (κ1) is 14.8. The Kier molecular flexibility index (Phi) is 4.56. The first-order valence-electron chi connectivity index (χ1n) is 6.67. The standard InChI is InChI=1S/C15H16.C2H6.CH4/c1-15(2)7-6-13-8-11-4-3-5-12(11)9-14(13)10-15;1-2;/h4-9H,3,10H2,1-2H3;1-2H3;1H4. The Balaban J connectivity index is 0.000000516. The van der Waals surface area contributed by atoms with Gasteiger partial charge in [-0.15, -0.1) is 0 Å². The van der Waals surface area contributed by atoms with Crippen molar-refractivity contribution < 1.29 is 0 Å². The Bertz CT molecular complexity index is 556. The van der Waals surface area contributed by atoms with E-state index in [9.17, 15) is 0 Å². The Morgan fingerprint density at radius 3 is 2.28 bits per heavy atom. The fraction of sp³-hybridized carbons (Fsp3) is 0.444. The van der Waals surface area contributed by atoms with Crippen molar-refractivity contribution in [3.63, 3.8) is 0 Å². The molecule has 0 bridgehead atoms. The third-order valence-corrected chi connectivity index (χ3v) is 3.38. The van der Waals surface area contributed by atoms with E-state index >= 15 is 0 Å². The zero-order valence-corrected chi connectivity index (χ0v) is 11.4. The van der Waals surface area contributed by atoms with Crippen LogP contribution < -0.4 is 10.4 Å². The van der Waals surface area contributed by atoms with Crippen LogP contribution in [0.3, 0.4) is 0 Å². The fourth-order valence-electron chi connectivity index (χ4n) is 2.54. The molecule has 0 spiro atoms. The fourth-order valence-corrected chi connectivity index (χ4v) is 2.54. The van der Waals surface area contributed by atoms with Gasteiger partial charge in [-0.1, -0.05) is 65.5 Å². The van der Waals surface area contributed by atoms with Crippen molar-refractivity contribution in [2.45, 2.75) is 48.0 Å². The minimum atomic E-state index is 0. The van der Waals surface area contributed by atoms with Crippen LogP contribution in [0.4, 0.5) is 0 Å². The summed E-state index contributed by atoms with van der Waals surface area (Å²) in [5.74, 6) is 0. The molecule has 0 nitrogen and oxygen atoms in total. The van der Waals surface area contributed by atoms with Gasteiger partial charge in [0, 0.05) is 0 Å².